The van der Waals surface area contributed by atoms with E-state index < -0.39 is 0 Å². The summed E-state index contributed by atoms with van der Waals surface area (Å²) < 4.78 is 15.3. The standard InChI is InChI=1S/C22H25N5O3/c1-14-6-5-8-19(29-2)21(14)27-18-12-30-11-16(15(18)10-24-27)25-22(28)20-17-7-3-4-9-26(17)13-23-20/h5-6,8,10,13,16H,3-4,7,9,11-12H2,1-2H3,(H,25,28)/t16-/m0/s1. The minimum Gasteiger partial charge on any atom is -0.494 e. The summed E-state index contributed by atoms with van der Waals surface area (Å²) in [7, 11) is 1.65. The Labute approximate surface area is 174 Å². The minimum atomic E-state index is -0.272. The lowest BCUT2D eigenvalue weighted by Crippen LogP contribution is -2.35. The molecule has 30 heavy (non-hydrogen) atoms. The number of methoxy groups -OCH3 is 1. The van der Waals surface area contributed by atoms with Crippen LogP contribution in [-0.4, -0.2) is 39.0 Å². The van der Waals surface area contributed by atoms with E-state index in [1.165, 1.54) is 0 Å². The lowest BCUT2D eigenvalue weighted by atomic mass is 10.0. The molecule has 8 heteroatoms. The maximum absolute atomic E-state index is 13.0. The van der Waals surface area contributed by atoms with Gasteiger partial charge in [-0.05, 0) is 37.8 Å². The summed E-state index contributed by atoms with van der Waals surface area (Å²) in [6, 6.07) is 5.63. The Hall–Kier alpha value is -3.13. The van der Waals surface area contributed by atoms with Crippen LogP contribution in [0.3, 0.4) is 0 Å². The van der Waals surface area contributed by atoms with Gasteiger partial charge in [0.1, 0.15) is 17.1 Å². The molecule has 156 valence electrons. The van der Waals surface area contributed by atoms with Crippen molar-refractivity contribution in [1.29, 1.82) is 0 Å². The van der Waals surface area contributed by atoms with Gasteiger partial charge in [0.2, 0.25) is 0 Å². The second-order valence-electron chi connectivity index (χ2n) is 7.82. The van der Waals surface area contributed by atoms with E-state index in [0.29, 0.717) is 18.9 Å². The Balaban J connectivity index is 1.45. The Bertz CT molecular complexity index is 1100. The zero-order chi connectivity index (χ0) is 20.7. The Kier molecular flexibility index (Phi) is 4.78. The average molecular weight is 407 g/mol. The molecule has 2 aliphatic heterocycles. The van der Waals surface area contributed by atoms with Gasteiger partial charge in [0.15, 0.2) is 0 Å². The highest BCUT2D eigenvalue weighted by molar-refractivity contribution is 5.93. The Morgan fingerprint density at radius 2 is 2.20 bits per heavy atom. The molecule has 2 aliphatic rings. The number of nitrogens with one attached hydrogen (secondary N) is 1. The van der Waals surface area contributed by atoms with E-state index in [2.05, 4.69) is 20.0 Å². The van der Waals surface area contributed by atoms with E-state index >= 15 is 0 Å². The van der Waals surface area contributed by atoms with Gasteiger partial charge < -0.3 is 19.4 Å². The van der Waals surface area contributed by atoms with Crippen LogP contribution >= 0.6 is 0 Å². The summed E-state index contributed by atoms with van der Waals surface area (Å²) in [5.74, 6) is 0.588. The molecule has 4 heterocycles. The maximum Gasteiger partial charge on any atom is 0.272 e. The van der Waals surface area contributed by atoms with Crippen molar-refractivity contribution in [3.8, 4) is 11.4 Å². The van der Waals surface area contributed by atoms with Gasteiger partial charge in [-0.1, -0.05) is 12.1 Å². The third kappa shape index (κ3) is 3.08. The van der Waals surface area contributed by atoms with Gasteiger partial charge >= 0.3 is 0 Å². The number of amides is 1. The van der Waals surface area contributed by atoms with Crippen molar-refractivity contribution in [2.45, 2.75) is 45.4 Å². The molecular weight excluding hydrogens is 382 g/mol. The van der Waals surface area contributed by atoms with Crippen LogP contribution in [0.2, 0.25) is 0 Å². The molecule has 1 N–H and O–H groups in total. The minimum absolute atomic E-state index is 0.159. The van der Waals surface area contributed by atoms with E-state index in [0.717, 1.165) is 59.8 Å². The summed E-state index contributed by atoms with van der Waals surface area (Å²) in [5.41, 5.74) is 5.38. The van der Waals surface area contributed by atoms with E-state index in [1.807, 2.05) is 36.0 Å². The summed E-state index contributed by atoms with van der Waals surface area (Å²) in [6.07, 6.45) is 6.70. The Morgan fingerprint density at radius 1 is 1.30 bits per heavy atom. The first-order valence-electron chi connectivity index (χ1n) is 10.3. The van der Waals surface area contributed by atoms with Crippen LogP contribution in [0.25, 0.3) is 5.69 Å². The lowest BCUT2D eigenvalue weighted by molar-refractivity contribution is 0.0683. The van der Waals surface area contributed by atoms with Crippen LogP contribution in [0, 0.1) is 6.92 Å². The first-order valence-corrected chi connectivity index (χ1v) is 10.3. The summed E-state index contributed by atoms with van der Waals surface area (Å²) >= 11 is 0. The quantitative estimate of drug-likeness (QED) is 0.719. The molecule has 0 saturated carbocycles. The van der Waals surface area contributed by atoms with Crippen LogP contribution in [0.4, 0.5) is 0 Å². The number of hydrogen-bond acceptors (Lipinski definition) is 5. The maximum atomic E-state index is 13.0. The molecule has 5 rings (SSSR count). The number of fused-ring (bicyclic) bond motifs is 2. The predicted octanol–water partition coefficient (Wildman–Crippen LogP) is 2.72. The third-order valence-corrected chi connectivity index (χ3v) is 5.96. The van der Waals surface area contributed by atoms with Crippen molar-refractivity contribution in [3.63, 3.8) is 0 Å². The zero-order valence-corrected chi connectivity index (χ0v) is 17.2. The van der Waals surface area contributed by atoms with Gasteiger partial charge in [-0.25, -0.2) is 9.67 Å². The summed E-state index contributed by atoms with van der Waals surface area (Å²) in [5, 5.41) is 7.72. The van der Waals surface area contributed by atoms with E-state index in [4.69, 9.17) is 9.47 Å². The highest BCUT2D eigenvalue weighted by Gasteiger charge is 2.30. The number of para-hydroxylation sites is 1. The molecular formula is C22H25N5O3. The van der Waals surface area contributed by atoms with Crippen molar-refractivity contribution in [2.75, 3.05) is 13.7 Å². The number of nitrogens with zero attached hydrogens (tertiary/aromatic N) is 4. The van der Waals surface area contributed by atoms with E-state index in [9.17, 15) is 4.79 Å². The van der Waals surface area contributed by atoms with Crippen LogP contribution < -0.4 is 10.1 Å². The van der Waals surface area contributed by atoms with Crippen LogP contribution in [0.15, 0.2) is 30.7 Å². The molecule has 0 fully saturated rings. The topological polar surface area (TPSA) is 83.2 Å². The highest BCUT2D eigenvalue weighted by Crippen LogP contribution is 2.32. The number of ether oxygens (including phenoxy) is 2. The molecule has 0 unspecified atom stereocenters. The fraction of sp³-hybridized carbons (Fsp3) is 0.409. The highest BCUT2D eigenvalue weighted by atomic mass is 16.5. The van der Waals surface area contributed by atoms with E-state index in [1.54, 1.807) is 13.4 Å². The van der Waals surface area contributed by atoms with Crippen molar-refractivity contribution in [3.05, 3.63) is 58.9 Å². The largest absolute Gasteiger partial charge is 0.494 e. The molecule has 0 spiro atoms. The van der Waals surface area contributed by atoms with Gasteiger partial charge in [0.05, 0.1) is 50.3 Å². The SMILES string of the molecule is COc1cccc(C)c1-n1ncc2c1COC[C@@H]2NC(=O)c1ncn2c1CCCC2. The third-order valence-electron chi connectivity index (χ3n) is 5.96. The summed E-state index contributed by atoms with van der Waals surface area (Å²) in [4.78, 5) is 17.4. The molecule has 0 radical (unpaired) electrons. The molecule has 1 amide bonds. The van der Waals surface area contributed by atoms with Gasteiger partial charge in [-0.3, -0.25) is 4.79 Å². The molecule has 8 nitrogen and oxygen atoms in total. The number of carbonyl (C=O) groups excluding carboxylic acids is 1. The molecule has 0 bridgehead atoms. The molecule has 1 atom stereocenters. The second-order valence-corrected chi connectivity index (χ2v) is 7.82. The van der Waals surface area contributed by atoms with Crippen LogP contribution in [0.1, 0.15) is 51.9 Å². The van der Waals surface area contributed by atoms with Crippen molar-refractivity contribution >= 4 is 5.91 Å². The monoisotopic (exact) mass is 407 g/mol. The zero-order valence-electron chi connectivity index (χ0n) is 17.2. The smallest absolute Gasteiger partial charge is 0.272 e. The van der Waals surface area contributed by atoms with Crippen LogP contribution in [-0.2, 0) is 24.3 Å². The van der Waals surface area contributed by atoms with E-state index in [-0.39, 0.29) is 11.9 Å². The fourth-order valence-corrected chi connectivity index (χ4v) is 4.42. The van der Waals surface area contributed by atoms with Gasteiger partial charge in [0.25, 0.3) is 5.91 Å². The summed E-state index contributed by atoms with van der Waals surface area (Å²) in [6.45, 7) is 3.79. The number of rotatable bonds is 4. The fourth-order valence-electron chi connectivity index (χ4n) is 4.42. The number of aromatic nitrogens is 4. The second kappa shape index (κ2) is 7.60. The molecule has 1 aromatic carbocycles. The molecule has 2 aromatic heterocycles. The molecule has 3 aromatic rings. The molecule has 0 aliphatic carbocycles. The van der Waals surface area contributed by atoms with Gasteiger partial charge in [0, 0.05) is 12.1 Å². The first-order chi connectivity index (χ1) is 14.7. The predicted molar refractivity (Wildman–Crippen MR) is 110 cm³/mol. The number of benzene rings is 1. The first kappa shape index (κ1) is 18.9. The van der Waals surface area contributed by atoms with Gasteiger partial charge in [-0.15, -0.1) is 0 Å². The lowest BCUT2D eigenvalue weighted by Gasteiger charge is -2.25. The number of aryl methyl sites for hydroxylation is 2. The molecule has 0 saturated heterocycles. The van der Waals surface area contributed by atoms with Crippen molar-refractivity contribution < 1.29 is 14.3 Å². The van der Waals surface area contributed by atoms with Gasteiger partial charge in [-0.2, -0.15) is 5.10 Å². The van der Waals surface area contributed by atoms with Crippen molar-refractivity contribution in [2.24, 2.45) is 0 Å². The number of carbonyl (C=O) groups is 1. The van der Waals surface area contributed by atoms with Crippen molar-refractivity contribution in [1.82, 2.24) is 24.6 Å². The normalized spacial score (nSPS) is 17.9. The number of imidazole rings is 1. The average Bonchev–Trinajstić information content (AvgIpc) is 3.38. The number of hydrogen-bond donors (Lipinski definition) is 1. The van der Waals surface area contributed by atoms with Crippen LogP contribution in [0.5, 0.6) is 5.75 Å². The Morgan fingerprint density at radius 3 is 3.07 bits per heavy atom.